The number of nitrogens with zero attached hydrogens (tertiary/aromatic N) is 4. The lowest BCUT2D eigenvalue weighted by molar-refractivity contribution is 0.721. The fourth-order valence-electron chi connectivity index (χ4n) is 2.28. The number of thiophene rings is 1. The van der Waals surface area contributed by atoms with Crippen LogP contribution in [0.1, 0.15) is 28.4 Å². The van der Waals surface area contributed by atoms with Gasteiger partial charge >= 0.3 is 0 Å². The summed E-state index contributed by atoms with van der Waals surface area (Å²) in [6.45, 7) is 10.3. The minimum absolute atomic E-state index is 0.0393. The fraction of sp³-hybridized carbons (Fsp3) is 0.333. The molecule has 0 aromatic carbocycles. The summed E-state index contributed by atoms with van der Waals surface area (Å²) >= 11 is 3.07. The number of rotatable bonds is 5. The second-order valence-electron chi connectivity index (χ2n) is 5.23. The molecule has 0 radical (unpaired) electrons. The number of aromatic nitrogens is 5. The third kappa shape index (κ3) is 2.96. The molecule has 3 aromatic heterocycles. The van der Waals surface area contributed by atoms with Crippen LogP contribution in [0.2, 0.25) is 0 Å². The Hall–Kier alpha value is -1.93. The smallest absolute Gasteiger partial charge is 0.259 e. The average Bonchev–Trinajstić information content (AvgIpc) is 3.05. The van der Waals surface area contributed by atoms with Crippen molar-refractivity contribution in [1.82, 2.24) is 24.7 Å². The van der Waals surface area contributed by atoms with E-state index >= 15 is 0 Å². The molecule has 0 aliphatic carbocycles. The summed E-state index contributed by atoms with van der Waals surface area (Å²) in [5, 5.41) is 9.47. The monoisotopic (exact) mass is 347 g/mol. The van der Waals surface area contributed by atoms with Crippen molar-refractivity contribution in [1.29, 1.82) is 0 Å². The van der Waals surface area contributed by atoms with Crippen LogP contribution in [0.25, 0.3) is 10.2 Å². The molecule has 120 valence electrons. The van der Waals surface area contributed by atoms with E-state index in [-0.39, 0.29) is 10.8 Å². The van der Waals surface area contributed by atoms with Crippen molar-refractivity contribution < 1.29 is 0 Å². The summed E-state index contributed by atoms with van der Waals surface area (Å²) in [4.78, 5) is 21.8. The highest BCUT2D eigenvalue weighted by molar-refractivity contribution is 7.99. The van der Waals surface area contributed by atoms with Gasteiger partial charge in [0.05, 0.1) is 10.6 Å². The van der Waals surface area contributed by atoms with Crippen molar-refractivity contribution in [3.63, 3.8) is 0 Å². The average molecular weight is 347 g/mol. The van der Waals surface area contributed by atoms with Crippen LogP contribution >= 0.6 is 23.1 Å². The van der Waals surface area contributed by atoms with Crippen LogP contribution in [-0.4, -0.2) is 24.7 Å². The van der Waals surface area contributed by atoms with Crippen molar-refractivity contribution in [2.75, 3.05) is 0 Å². The summed E-state index contributed by atoms with van der Waals surface area (Å²) in [6.07, 6.45) is 3.46. The summed E-state index contributed by atoms with van der Waals surface area (Å²) < 4.78 is 1.91. The maximum absolute atomic E-state index is 12.4. The molecule has 3 heterocycles. The molecule has 0 bridgehead atoms. The molecule has 8 heteroatoms. The molecule has 1 atom stereocenters. The van der Waals surface area contributed by atoms with Gasteiger partial charge in [0.2, 0.25) is 0 Å². The lowest BCUT2D eigenvalue weighted by atomic mass is 10.2. The van der Waals surface area contributed by atoms with E-state index in [2.05, 4.69) is 26.7 Å². The first-order chi connectivity index (χ1) is 11.0. The molecule has 0 amide bonds. The number of aryl methyl sites for hydroxylation is 2. The van der Waals surface area contributed by atoms with Gasteiger partial charge in [-0.05, 0) is 26.3 Å². The molecule has 23 heavy (non-hydrogen) atoms. The molecule has 6 nitrogen and oxygen atoms in total. The Kier molecular flexibility index (Phi) is 4.36. The number of aromatic amines is 1. The molecule has 0 saturated heterocycles. The summed E-state index contributed by atoms with van der Waals surface area (Å²) in [7, 11) is 0. The van der Waals surface area contributed by atoms with E-state index in [1.807, 2.05) is 25.3 Å². The number of hydrogen-bond acceptors (Lipinski definition) is 6. The Labute approximate surface area is 141 Å². The lowest BCUT2D eigenvalue weighted by Gasteiger charge is -2.10. The van der Waals surface area contributed by atoms with Crippen LogP contribution < -0.4 is 5.56 Å². The minimum atomic E-state index is -0.0770. The summed E-state index contributed by atoms with van der Waals surface area (Å²) in [5.74, 6) is 0.655. The zero-order valence-electron chi connectivity index (χ0n) is 13.2. The molecular formula is C15H17N5OS2. The van der Waals surface area contributed by atoms with Gasteiger partial charge in [0.15, 0.2) is 5.16 Å². The number of allylic oxidation sites excluding steroid dienone is 1. The van der Waals surface area contributed by atoms with Crippen molar-refractivity contribution in [2.24, 2.45) is 0 Å². The largest absolute Gasteiger partial charge is 0.309 e. The van der Waals surface area contributed by atoms with Crippen LogP contribution in [0.5, 0.6) is 0 Å². The normalized spacial score (nSPS) is 12.7. The first-order valence-corrected chi connectivity index (χ1v) is 8.86. The van der Waals surface area contributed by atoms with Gasteiger partial charge in [-0.25, -0.2) is 4.98 Å². The van der Waals surface area contributed by atoms with Crippen LogP contribution in [0.4, 0.5) is 0 Å². The second-order valence-corrected chi connectivity index (χ2v) is 7.74. The quantitative estimate of drug-likeness (QED) is 0.566. The molecule has 0 spiro atoms. The third-order valence-corrected chi connectivity index (χ3v) is 5.84. The van der Waals surface area contributed by atoms with Crippen molar-refractivity contribution in [3.05, 3.63) is 45.6 Å². The highest BCUT2D eigenvalue weighted by Crippen LogP contribution is 2.33. The second kappa shape index (κ2) is 6.29. The molecule has 0 aliphatic heterocycles. The highest BCUT2D eigenvalue weighted by Gasteiger charge is 2.18. The zero-order chi connectivity index (χ0) is 16.6. The molecule has 0 aliphatic rings. The number of hydrogen-bond donors (Lipinski definition) is 1. The first-order valence-electron chi connectivity index (χ1n) is 7.16. The molecule has 3 aromatic rings. The molecule has 0 unspecified atom stereocenters. The van der Waals surface area contributed by atoms with E-state index < -0.39 is 0 Å². The standard InChI is InChI=1S/C15H17N5OS2/c1-5-6-20-7-16-19-15(20)23-10(4)12-17-13(21)11-8(2)9(3)22-14(11)18-12/h5,7,10H,1,6H2,2-4H3,(H,17,18,21)/t10-/m1/s1. The number of thioether (sulfide) groups is 1. The highest BCUT2D eigenvalue weighted by atomic mass is 32.2. The molecule has 1 N–H and O–H groups in total. The van der Waals surface area contributed by atoms with Crippen LogP contribution in [0.3, 0.4) is 0 Å². The Morgan fingerprint density at radius 1 is 1.52 bits per heavy atom. The van der Waals surface area contributed by atoms with E-state index in [9.17, 15) is 4.79 Å². The Balaban J connectivity index is 1.95. The molecule has 3 rings (SSSR count). The Morgan fingerprint density at radius 2 is 2.30 bits per heavy atom. The van der Waals surface area contributed by atoms with Gasteiger partial charge in [0, 0.05) is 11.4 Å². The predicted octanol–water partition coefficient (Wildman–Crippen LogP) is 3.23. The Bertz CT molecular complexity index is 924. The first kappa shape index (κ1) is 15.9. The maximum Gasteiger partial charge on any atom is 0.259 e. The van der Waals surface area contributed by atoms with E-state index in [1.54, 1.807) is 23.7 Å². The third-order valence-electron chi connectivity index (χ3n) is 3.63. The fourth-order valence-corrected chi connectivity index (χ4v) is 4.21. The summed E-state index contributed by atoms with van der Waals surface area (Å²) in [5.41, 5.74) is 0.934. The van der Waals surface area contributed by atoms with Gasteiger partial charge in [-0.1, -0.05) is 17.8 Å². The van der Waals surface area contributed by atoms with Gasteiger partial charge in [-0.3, -0.25) is 4.79 Å². The van der Waals surface area contributed by atoms with E-state index in [0.717, 1.165) is 20.4 Å². The SMILES string of the molecule is C=CCn1cnnc1S[C@H](C)c1nc2sc(C)c(C)c2c(=O)[nH]1. The van der Waals surface area contributed by atoms with Crippen LogP contribution in [0.15, 0.2) is 28.9 Å². The lowest BCUT2D eigenvalue weighted by Crippen LogP contribution is -2.12. The van der Waals surface area contributed by atoms with Gasteiger partial charge in [0.25, 0.3) is 5.56 Å². The number of fused-ring (bicyclic) bond motifs is 1. The van der Waals surface area contributed by atoms with E-state index in [0.29, 0.717) is 17.8 Å². The van der Waals surface area contributed by atoms with Gasteiger partial charge in [-0.15, -0.1) is 28.1 Å². The Morgan fingerprint density at radius 3 is 3.04 bits per heavy atom. The van der Waals surface area contributed by atoms with Gasteiger partial charge in [0.1, 0.15) is 17.0 Å². The van der Waals surface area contributed by atoms with Gasteiger partial charge < -0.3 is 9.55 Å². The number of H-pyrrole nitrogens is 1. The maximum atomic E-state index is 12.4. The predicted molar refractivity (Wildman–Crippen MR) is 94.2 cm³/mol. The van der Waals surface area contributed by atoms with Gasteiger partial charge in [-0.2, -0.15) is 0 Å². The van der Waals surface area contributed by atoms with Crippen molar-refractivity contribution in [2.45, 2.75) is 37.7 Å². The van der Waals surface area contributed by atoms with Crippen LogP contribution in [0, 0.1) is 13.8 Å². The summed E-state index contributed by atoms with van der Waals surface area (Å²) in [6, 6.07) is 0. The minimum Gasteiger partial charge on any atom is -0.309 e. The molecule has 0 saturated carbocycles. The van der Waals surface area contributed by atoms with Crippen LogP contribution in [-0.2, 0) is 6.54 Å². The van der Waals surface area contributed by atoms with E-state index in [4.69, 9.17) is 0 Å². The van der Waals surface area contributed by atoms with Crippen molar-refractivity contribution in [3.8, 4) is 0 Å². The van der Waals surface area contributed by atoms with E-state index in [1.165, 1.54) is 11.8 Å². The van der Waals surface area contributed by atoms with Crippen molar-refractivity contribution >= 4 is 33.3 Å². The zero-order valence-corrected chi connectivity index (χ0v) is 14.8. The topological polar surface area (TPSA) is 76.5 Å². The number of nitrogens with one attached hydrogen (secondary N) is 1. The molecule has 0 fully saturated rings. The molecular weight excluding hydrogens is 330 g/mol.